The van der Waals surface area contributed by atoms with Crippen LogP contribution < -0.4 is 0 Å². The molecule has 0 aromatic heterocycles. The molecule has 2 aliphatic carbocycles. The van der Waals surface area contributed by atoms with Crippen molar-refractivity contribution in [3.8, 4) is 0 Å². The van der Waals surface area contributed by atoms with Crippen LogP contribution in [0.15, 0.2) is 0 Å². The van der Waals surface area contributed by atoms with Crippen molar-refractivity contribution in [1.82, 2.24) is 0 Å². The van der Waals surface area contributed by atoms with Gasteiger partial charge in [-0.05, 0) is 61.2 Å². The molecule has 0 aromatic carbocycles. The maximum absolute atomic E-state index is 12.7. The second-order valence-corrected chi connectivity index (χ2v) is 25.4. The van der Waals surface area contributed by atoms with Gasteiger partial charge in [0.05, 0.1) is 11.8 Å². The maximum atomic E-state index is 12.7. The first kappa shape index (κ1) is 103. The highest BCUT2D eigenvalue weighted by Gasteiger charge is 2.66. The zero-order valence-electron chi connectivity index (χ0n) is 54.0. The average Bonchev–Trinajstić information content (AvgIpc) is 4.21. The van der Waals surface area contributed by atoms with Gasteiger partial charge in [0.15, 0.2) is 0 Å². The van der Waals surface area contributed by atoms with Gasteiger partial charge < -0.3 is 0 Å². The molecular weight excluding hydrogens is 1310 g/mol. The summed E-state index contributed by atoms with van der Waals surface area (Å²) in [6, 6.07) is 0. The first-order chi connectivity index (χ1) is 38.0. The monoisotopic (exact) mass is 1400 g/mol. The zero-order valence-corrected chi connectivity index (χ0v) is 54.0. The second-order valence-electron chi connectivity index (χ2n) is 25.4. The highest BCUT2D eigenvalue weighted by molar-refractivity contribution is 4.92. The maximum Gasteiger partial charge on any atom is 0.453 e. The summed E-state index contributed by atoms with van der Waals surface area (Å²) < 4.78 is 400. The molecule has 0 N–H and O–H groups in total. The molecule has 0 aliphatic heterocycles. The first-order valence-corrected chi connectivity index (χ1v) is 27.4. The van der Waals surface area contributed by atoms with Crippen molar-refractivity contribution in [3.63, 3.8) is 0 Å². The van der Waals surface area contributed by atoms with E-state index in [2.05, 4.69) is 41.5 Å². The Labute approximate surface area is 501 Å². The minimum absolute atomic E-state index is 0.0648. The van der Waals surface area contributed by atoms with E-state index in [1.54, 1.807) is 0 Å². The SMILES string of the molecule is CC(C(C)(C)C)C(F)(F)C(F)(F)F.CC(C)(C)C.CC(C)(C)C(F)(F)C(F)(F)F.CC(C)C(F)(F)C(F)(F)F.CC(C)C(F)(F)F.CC(C1CC1)C(F)(F)C(F)(F)F.CC(C1CC1)C(F)(F)F.CCC.CCC(C)C(F)(F)C(F)(F)F.CCC(C)C(F)(F)F. The summed E-state index contributed by atoms with van der Waals surface area (Å²) in [6.07, 6.45) is -35.3. The van der Waals surface area contributed by atoms with Gasteiger partial charge >= 0.3 is 79.0 Å². The summed E-state index contributed by atoms with van der Waals surface area (Å²) in [5.41, 5.74) is -2.65. The molecule has 0 amide bonds. The number of hydrogen-bond acceptors (Lipinski definition) is 0. The second kappa shape index (κ2) is 37.6. The molecule has 2 fully saturated rings. The van der Waals surface area contributed by atoms with Gasteiger partial charge in [0.1, 0.15) is 0 Å². The fourth-order valence-electron chi connectivity index (χ4n) is 4.32. The minimum Gasteiger partial charge on any atom is -0.196 e. The van der Waals surface area contributed by atoms with E-state index in [1.165, 1.54) is 54.9 Å². The molecule has 0 aromatic rings. The highest BCUT2D eigenvalue weighted by atomic mass is 19.5. The summed E-state index contributed by atoms with van der Waals surface area (Å²) >= 11 is 0. The van der Waals surface area contributed by atoms with E-state index < -0.39 is 137 Å². The number of hydrogen-bond donors (Lipinski definition) is 0. The standard InChI is InChI=1S/C8H13F5.C7H9F5.2C6H9F5.C6H9F3.C5H7F5.C5H9F3.C5H12.C4H7F3.C3H8/c1-5(6(2,3)4)7(9,10)8(11,12)13;1-4(5-2-3-5)6(8,9)7(10,11)12;1-4(2,3)5(7,8)6(9,10)11;1-3-4(2)5(7,8)6(9,10)11;1-4(5-2-3-5)6(7,8)9;1-3(2)4(6,7)5(8,9)10;1-3-4(2)5(6,7)8;1-5(2,3)4;1-3(2)4(5,6)7;1-3-2/h5H,1-4H3;4-5H,2-3H2,1H3;1-3H3;4H,3H2,1-2H3;4-5H,2-3H2,1H3;3H,1-2H3;4H,3H2,1-2H3;1-4H3;3H,1-2H3;3H2,1-2H3. The molecule has 89 heavy (non-hydrogen) atoms. The van der Waals surface area contributed by atoms with Crippen LogP contribution in [0.25, 0.3) is 0 Å². The Balaban J connectivity index is -0.000000139. The van der Waals surface area contributed by atoms with Gasteiger partial charge in [-0.15, -0.1) is 0 Å². The minimum atomic E-state index is -5.46. The lowest BCUT2D eigenvalue weighted by atomic mass is 9.78. The molecule has 34 heteroatoms. The molecule has 5 atom stereocenters. The van der Waals surface area contributed by atoms with Crippen LogP contribution in [0, 0.1) is 69.5 Å². The molecule has 0 nitrogen and oxygen atoms in total. The lowest BCUT2D eigenvalue weighted by molar-refractivity contribution is -0.317. The van der Waals surface area contributed by atoms with E-state index in [0.717, 1.165) is 82.1 Å². The van der Waals surface area contributed by atoms with Crippen LogP contribution in [0.2, 0.25) is 0 Å². The van der Waals surface area contributed by atoms with Gasteiger partial charge in [0, 0.05) is 35.0 Å². The van der Waals surface area contributed by atoms with Gasteiger partial charge in [0.2, 0.25) is 0 Å². The van der Waals surface area contributed by atoms with Gasteiger partial charge in [0.25, 0.3) is 0 Å². The van der Waals surface area contributed by atoms with E-state index in [4.69, 9.17) is 0 Å². The number of alkyl halides is 34. The normalized spacial score (nSPS) is 16.9. The Morgan fingerprint density at radius 2 is 0.528 bits per heavy atom. The van der Waals surface area contributed by atoms with Crippen molar-refractivity contribution in [2.45, 2.75) is 283 Å². The van der Waals surface area contributed by atoms with Crippen molar-refractivity contribution >= 4 is 0 Å². The van der Waals surface area contributed by atoms with Crippen LogP contribution in [0.3, 0.4) is 0 Å². The molecule has 0 radical (unpaired) electrons. The van der Waals surface area contributed by atoms with Crippen molar-refractivity contribution < 1.29 is 149 Å². The average molecular weight is 1400 g/mol. The molecule has 0 spiro atoms. The number of halogens is 34. The van der Waals surface area contributed by atoms with Gasteiger partial charge in [-0.2, -0.15) is 149 Å². The van der Waals surface area contributed by atoms with Crippen LogP contribution >= 0.6 is 0 Å². The van der Waals surface area contributed by atoms with Crippen molar-refractivity contribution in [1.29, 1.82) is 0 Å². The third-order valence-electron chi connectivity index (χ3n) is 12.2. The van der Waals surface area contributed by atoms with Crippen molar-refractivity contribution in [2.75, 3.05) is 0 Å². The third kappa shape index (κ3) is 43.3. The number of rotatable bonds is 8. The van der Waals surface area contributed by atoms with Gasteiger partial charge in [-0.1, -0.05) is 166 Å². The van der Waals surface area contributed by atoms with Crippen LogP contribution in [0.4, 0.5) is 149 Å². The van der Waals surface area contributed by atoms with E-state index in [0.29, 0.717) is 18.3 Å². The predicted molar refractivity (Wildman–Crippen MR) is 275 cm³/mol. The fraction of sp³-hybridized carbons (Fsp3) is 1.00. The van der Waals surface area contributed by atoms with E-state index in [-0.39, 0.29) is 18.8 Å². The van der Waals surface area contributed by atoms with E-state index in [1.807, 2.05) is 0 Å². The first-order valence-electron chi connectivity index (χ1n) is 27.4. The Morgan fingerprint density at radius 3 is 0.596 bits per heavy atom. The zero-order chi connectivity index (χ0) is 75.1. The Hall–Kier alpha value is -2.38. The molecule has 2 rings (SSSR count). The van der Waals surface area contributed by atoms with Crippen LogP contribution in [-0.2, 0) is 0 Å². The Kier molecular flexibility index (Phi) is 43.5. The van der Waals surface area contributed by atoms with Gasteiger partial charge in [-0.3, -0.25) is 0 Å². The lowest BCUT2D eigenvalue weighted by Gasteiger charge is -2.34. The topological polar surface area (TPSA) is 0 Å². The summed E-state index contributed by atoms with van der Waals surface area (Å²) in [6.45, 7) is 31.5. The van der Waals surface area contributed by atoms with E-state index in [9.17, 15) is 149 Å². The molecule has 550 valence electrons. The van der Waals surface area contributed by atoms with Crippen LogP contribution in [-0.4, -0.2) is 79.0 Å². The lowest BCUT2D eigenvalue weighted by Crippen LogP contribution is -2.47. The highest BCUT2D eigenvalue weighted by Crippen LogP contribution is 2.52. The van der Waals surface area contributed by atoms with Crippen molar-refractivity contribution in [3.05, 3.63) is 0 Å². The van der Waals surface area contributed by atoms with E-state index >= 15 is 0 Å². The molecule has 5 unspecified atom stereocenters. The van der Waals surface area contributed by atoms with Gasteiger partial charge in [-0.25, -0.2) is 0 Å². The summed E-state index contributed by atoms with van der Waals surface area (Å²) in [4.78, 5) is 0. The predicted octanol–water partition coefficient (Wildman–Crippen LogP) is 27.3. The van der Waals surface area contributed by atoms with Crippen molar-refractivity contribution in [2.24, 2.45) is 69.5 Å². The van der Waals surface area contributed by atoms with Crippen LogP contribution in [0.5, 0.6) is 0 Å². The molecule has 0 heterocycles. The summed E-state index contributed by atoms with van der Waals surface area (Å²) in [5, 5.41) is 0. The molecule has 2 saturated carbocycles. The fourth-order valence-corrected chi connectivity index (χ4v) is 4.32. The summed E-state index contributed by atoms with van der Waals surface area (Å²) in [5.74, 6) is -33.5. The third-order valence-corrected chi connectivity index (χ3v) is 12.2. The molecule has 0 bridgehead atoms. The Bertz CT molecular complexity index is 1750. The Morgan fingerprint density at radius 1 is 0.292 bits per heavy atom. The summed E-state index contributed by atoms with van der Waals surface area (Å²) in [7, 11) is 0. The molecular formula is C55H92F34. The largest absolute Gasteiger partial charge is 0.453 e. The quantitative estimate of drug-likeness (QED) is 0.213. The smallest absolute Gasteiger partial charge is 0.196 e. The molecule has 2 aliphatic rings. The molecule has 0 saturated heterocycles. The van der Waals surface area contributed by atoms with Crippen LogP contribution in [0.1, 0.15) is 204 Å².